The van der Waals surface area contributed by atoms with E-state index in [4.69, 9.17) is 4.74 Å². The van der Waals surface area contributed by atoms with E-state index in [-0.39, 0.29) is 12.5 Å². The maximum Gasteiger partial charge on any atom is 0.435 e. The van der Waals surface area contributed by atoms with E-state index < -0.39 is 29.2 Å². The Morgan fingerprint density at radius 3 is 2.21 bits per heavy atom. The molecule has 2 aromatic carbocycles. The molecule has 29 heavy (non-hydrogen) atoms. The summed E-state index contributed by atoms with van der Waals surface area (Å²) in [6.45, 7) is -0.0774. The number of H-pyrrole nitrogens is 1. The Hall–Kier alpha value is -3.49. The molecular formula is C20H16F3N3O3. The molecule has 0 bridgehead atoms. The summed E-state index contributed by atoms with van der Waals surface area (Å²) < 4.78 is 45.2. The number of hydrogen-bond acceptors (Lipinski definition) is 3. The molecule has 0 saturated heterocycles. The fraction of sp³-hybridized carbons (Fsp3) is 0.200. The van der Waals surface area contributed by atoms with Crippen molar-refractivity contribution in [1.29, 1.82) is 0 Å². The summed E-state index contributed by atoms with van der Waals surface area (Å²) >= 11 is 0. The van der Waals surface area contributed by atoms with E-state index in [1.807, 2.05) is 58.9 Å². The number of ether oxygens (including phenoxy) is 1. The quantitative estimate of drug-likeness (QED) is 0.692. The van der Waals surface area contributed by atoms with Gasteiger partial charge >= 0.3 is 12.3 Å². The lowest BCUT2D eigenvalue weighted by atomic mass is 9.98. The highest BCUT2D eigenvalue weighted by Crippen LogP contribution is 2.44. The van der Waals surface area contributed by atoms with Crippen molar-refractivity contribution in [2.45, 2.75) is 12.1 Å². The second-order valence-electron chi connectivity index (χ2n) is 6.67. The summed E-state index contributed by atoms with van der Waals surface area (Å²) in [7, 11) is 1.03. The van der Waals surface area contributed by atoms with Gasteiger partial charge in [0.05, 0.1) is 0 Å². The normalized spacial score (nSPS) is 13.1. The number of alkyl halides is 3. The van der Waals surface area contributed by atoms with E-state index in [1.54, 1.807) is 0 Å². The minimum absolute atomic E-state index is 0.0774. The number of carbonyl (C=O) groups is 1. The van der Waals surface area contributed by atoms with Gasteiger partial charge in [0.25, 0.3) is 5.56 Å². The summed E-state index contributed by atoms with van der Waals surface area (Å²) in [6.07, 6.45) is -5.95. The number of anilines is 1. The van der Waals surface area contributed by atoms with Crippen LogP contribution in [-0.2, 0) is 18.0 Å². The molecule has 0 unspecified atom stereocenters. The molecule has 0 aliphatic heterocycles. The van der Waals surface area contributed by atoms with Crippen LogP contribution in [0.2, 0.25) is 0 Å². The van der Waals surface area contributed by atoms with E-state index in [0.29, 0.717) is 4.68 Å². The first-order valence-electron chi connectivity index (χ1n) is 8.75. The number of nitrogens with one attached hydrogen (secondary N) is 2. The molecule has 0 spiro atoms. The standard InChI is InChI=1S/C20H16F3N3O3/c1-26-17(20(21,22)23)16(18(27)25-26)24-19(28)29-10-15-13-8-4-2-6-11(13)12-7-3-5-9-14(12)15/h2-9,15H,10H2,1H3,(H,24,28)(H,25,27). The largest absolute Gasteiger partial charge is 0.448 e. The third-order valence-electron chi connectivity index (χ3n) is 4.91. The van der Waals surface area contributed by atoms with Gasteiger partial charge in [-0.15, -0.1) is 0 Å². The zero-order valence-corrected chi connectivity index (χ0v) is 15.2. The molecule has 6 nitrogen and oxygen atoms in total. The number of aromatic amines is 1. The lowest BCUT2D eigenvalue weighted by Crippen LogP contribution is -2.23. The number of rotatable bonds is 3. The van der Waals surface area contributed by atoms with Gasteiger partial charge in [0, 0.05) is 13.0 Å². The predicted octanol–water partition coefficient (Wildman–Crippen LogP) is 4.09. The summed E-state index contributed by atoms with van der Waals surface area (Å²) in [5.41, 5.74) is 0.749. The third kappa shape index (κ3) is 3.28. The zero-order chi connectivity index (χ0) is 20.8. The van der Waals surface area contributed by atoms with E-state index in [1.165, 1.54) is 0 Å². The lowest BCUT2D eigenvalue weighted by molar-refractivity contribution is -0.143. The van der Waals surface area contributed by atoms with E-state index in [9.17, 15) is 22.8 Å². The van der Waals surface area contributed by atoms with Crippen LogP contribution in [0.3, 0.4) is 0 Å². The second-order valence-corrected chi connectivity index (χ2v) is 6.67. The van der Waals surface area contributed by atoms with Crippen LogP contribution in [0.4, 0.5) is 23.7 Å². The molecule has 1 aliphatic carbocycles. The van der Waals surface area contributed by atoms with Crippen molar-refractivity contribution in [2.75, 3.05) is 11.9 Å². The summed E-state index contributed by atoms with van der Waals surface area (Å²) in [5.74, 6) is -0.246. The van der Waals surface area contributed by atoms with E-state index in [0.717, 1.165) is 29.3 Å². The predicted molar refractivity (Wildman–Crippen MR) is 99.7 cm³/mol. The molecule has 2 N–H and O–H groups in total. The fourth-order valence-corrected chi connectivity index (χ4v) is 3.72. The molecule has 0 fully saturated rings. The number of hydrogen-bond donors (Lipinski definition) is 2. The Labute approximate surface area is 162 Å². The van der Waals surface area contributed by atoms with Gasteiger partial charge in [0.15, 0.2) is 5.69 Å². The second kappa shape index (κ2) is 6.84. The molecule has 150 valence electrons. The number of nitrogens with zero attached hydrogens (tertiary/aromatic N) is 1. The molecule has 0 radical (unpaired) electrons. The average Bonchev–Trinajstić information content (AvgIpc) is 3.13. The minimum Gasteiger partial charge on any atom is -0.448 e. The molecule has 1 amide bonds. The molecule has 9 heteroatoms. The zero-order valence-electron chi connectivity index (χ0n) is 15.2. The Morgan fingerprint density at radius 2 is 1.66 bits per heavy atom. The third-order valence-corrected chi connectivity index (χ3v) is 4.91. The maximum atomic E-state index is 13.2. The van der Waals surface area contributed by atoms with Crippen LogP contribution in [0.15, 0.2) is 53.3 Å². The molecule has 0 saturated carbocycles. The monoisotopic (exact) mass is 403 g/mol. The van der Waals surface area contributed by atoms with Crippen LogP contribution in [0.5, 0.6) is 0 Å². The average molecular weight is 403 g/mol. The van der Waals surface area contributed by atoms with Gasteiger partial charge in [-0.3, -0.25) is 19.9 Å². The van der Waals surface area contributed by atoms with Crippen LogP contribution in [-0.4, -0.2) is 22.5 Å². The Morgan fingerprint density at radius 1 is 1.10 bits per heavy atom. The van der Waals surface area contributed by atoms with Crippen LogP contribution < -0.4 is 10.9 Å². The van der Waals surface area contributed by atoms with Crippen molar-refractivity contribution in [3.05, 3.63) is 75.7 Å². The maximum absolute atomic E-state index is 13.2. The fourth-order valence-electron chi connectivity index (χ4n) is 3.72. The first-order valence-corrected chi connectivity index (χ1v) is 8.75. The highest BCUT2D eigenvalue weighted by Gasteiger charge is 2.39. The van der Waals surface area contributed by atoms with Gasteiger partial charge in [-0.1, -0.05) is 48.5 Å². The van der Waals surface area contributed by atoms with E-state index >= 15 is 0 Å². The van der Waals surface area contributed by atoms with Crippen molar-refractivity contribution in [3.8, 4) is 11.1 Å². The molecule has 1 aliphatic rings. The number of halogens is 3. The summed E-state index contributed by atoms with van der Waals surface area (Å²) in [5, 5.41) is 3.91. The number of benzene rings is 2. The van der Waals surface area contributed by atoms with Crippen LogP contribution in [0.25, 0.3) is 11.1 Å². The van der Waals surface area contributed by atoms with Crippen molar-refractivity contribution in [2.24, 2.45) is 7.05 Å². The summed E-state index contributed by atoms with van der Waals surface area (Å²) in [6, 6.07) is 15.3. The first kappa shape index (κ1) is 18.9. The van der Waals surface area contributed by atoms with Crippen molar-refractivity contribution >= 4 is 11.8 Å². The number of aromatic nitrogens is 2. The molecule has 4 rings (SSSR count). The summed E-state index contributed by atoms with van der Waals surface area (Å²) in [4.78, 5) is 24.0. The van der Waals surface area contributed by atoms with Gasteiger partial charge in [-0.05, 0) is 22.3 Å². The van der Waals surface area contributed by atoms with Gasteiger partial charge in [0.2, 0.25) is 0 Å². The molecule has 1 heterocycles. The molecular weight excluding hydrogens is 387 g/mol. The van der Waals surface area contributed by atoms with Crippen LogP contribution in [0.1, 0.15) is 22.7 Å². The van der Waals surface area contributed by atoms with Gasteiger partial charge in [0.1, 0.15) is 12.3 Å². The Bertz CT molecular complexity index is 1100. The number of fused-ring (bicyclic) bond motifs is 3. The number of amides is 1. The lowest BCUT2D eigenvalue weighted by Gasteiger charge is -2.15. The SMILES string of the molecule is Cn1[nH]c(=O)c(NC(=O)OCC2c3ccccc3-c3ccccc32)c1C(F)(F)F. The Kier molecular flexibility index (Phi) is 4.45. The highest BCUT2D eigenvalue weighted by atomic mass is 19.4. The topological polar surface area (TPSA) is 76.1 Å². The van der Waals surface area contributed by atoms with E-state index in [2.05, 4.69) is 0 Å². The highest BCUT2D eigenvalue weighted by molar-refractivity contribution is 5.85. The van der Waals surface area contributed by atoms with Crippen molar-refractivity contribution in [3.63, 3.8) is 0 Å². The molecule has 3 aromatic rings. The smallest absolute Gasteiger partial charge is 0.435 e. The Balaban J connectivity index is 1.54. The molecule has 1 aromatic heterocycles. The number of carbonyl (C=O) groups excluding carboxylic acids is 1. The van der Waals surface area contributed by atoms with Gasteiger partial charge in [-0.25, -0.2) is 4.79 Å². The van der Waals surface area contributed by atoms with Crippen molar-refractivity contribution in [1.82, 2.24) is 9.78 Å². The van der Waals surface area contributed by atoms with Crippen LogP contribution in [0, 0.1) is 0 Å². The van der Waals surface area contributed by atoms with Gasteiger partial charge in [-0.2, -0.15) is 13.2 Å². The van der Waals surface area contributed by atoms with Crippen LogP contribution >= 0.6 is 0 Å². The molecule has 0 atom stereocenters. The van der Waals surface area contributed by atoms with Crippen molar-refractivity contribution < 1.29 is 22.7 Å². The van der Waals surface area contributed by atoms with Gasteiger partial charge < -0.3 is 4.74 Å². The minimum atomic E-state index is -4.82. The number of aryl methyl sites for hydroxylation is 1. The first-order chi connectivity index (χ1) is 13.8.